The molecule has 3 heteroatoms. The SMILES string of the molecule is FC1=CC[CH]C(Cl)=C1F. The molecule has 0 aromatic rings. The number of rotatable bonds is 0. The van der Waals surface area contributed by atoms with Gasteiger partial charge >= 0.3 is 0 Å². The summed E-state index contributed by atoms with van der Waals surface area (Å²) in [6, 6.07) is 0. The fraction of sp³-hybridized carbons (Fsp3) is 0.167. The molecule has 0 saturated heterocycles. The quantitative estimate of drug-likeness (QED) is 0.497. The molecule has 0 nitrogen and oxygen atoms in total. The van der Waals surface area contributed by atoms with E-state index >= 15 is 0 Å². The summed E-state index contributed by atoms with van der Waals surface area (Å²) in [5, 5.41) is -0.130. The molecule has 0 aromatic heterocycles. The van der Waals surface area contributed by atoms with Gasteiger partial charge in [0.15, 0.2) is 11.7 Å². The predicted molar refractivity (Wildman–Crippen MR) is 32.1 cm³/mol. The first-order valence-electron chi connectivity index (χ1n) is 2.46. The lowest BCUT2D eigenvalue weighted by Crippen LogP contribution is -1.89. The van der Waals surface area contributed by atoms with E-state index in [0.29, 0.717) is 6.42 Å². The van der Waals surface area contributed by atoms with Gasteiger partial charge in [-0.2, -0.15) is 0 Å². The maximum atomic E-state index is 12.2. The first kappa shape index (κ1) is 6.75. The van der Waals surface area contributed by atoms with E-state index in [1.807, 2.05) is 0 Å². The van der Waals surface area contributed by atoms with Crippen molar-refractivity contribution in [1.82, 2.24) is 0 Å². The highest BCUT2D eigenvalue weighted by molar-refractivity contribution is 6.31. The molecule has 0 saturated carbocycles. The normalized spacial score (nSPS) is 20.1. The van der Waals surface area contributed by atoms with Crippen LogP contribution in [0.5, 0.6) is 0 Å². The summed E-state index contributed by atoms with van der Waals surface area (Å²) in [5.74, 6) is -1.81. The van der Waals surface area contributed by atoms with E-state index in [9.17, 15) is 8.78 Å². The van der Waals surface area contributed by atoms with Crippen molar-refractivity contribution in [3.63, 3.8) is 0 Å². The highest BCUT2D eigenvalue weighted by atomic mass is 35.5. The Bertz CT molecular complexity index is 181. The van der Waals surface area contributed by atoms with Gasteiger partial charge in [-0.1, -0.05) is 11.6 Å². The standard InChI is InChI=1S/C6H4ClF2/c7-4-2-1-3-5(8)6(4)9/h2-3H,1H2. The number of halogens is 3. The van der Waals surface area contributed by atoms with Crippen LogP contribution in [0.15, 0.2) is 22.8 Å². The number of allylic oxidation sites excluding steroid dienone is 4. The predicted octanol–water partition coefficient (Wildman–Crippen LogP) is 2.87. The van der Waals surface area contributed by atoms with Crippen LogP contribution in [-0.2, 0) is 0 Å². The minimum Gasteiger partial charge on any atom is -0.204 e. The number of hydrogen-bond donors (Lipinski definition) is 0. The summed E-state index contributed by atoms with van der Waals surface area (Å²) in [5.41, 5.74) is 0. The molecule has 0 N–H and O–H groups in total. The molecule has 0 aliphatic heterocycles. The molecule has 0 bridgehead atoms. The van der Waals surface area contributed by atoms with E-state index in [1.165, 1.54) is 6.42 Å². The Morgan fingerprint density at radius 3 is 2.56 bits per heavy atom. The second kappa shape index (κ2) is 2.48. The Morgan fingerprint density at radius 1 is 1.44 bits per heavy atom. The van der Waals surface area contributed by atoms with Gasteiger partial charge in [0.2, 0.25) is 0 Å². The minimum absolute atomic E-state index is 0.130. The van der Waals surface area contributed by atoms with Crippen molar-refractivity contribution in [3.05, 3.63) is 29.2 Å². The molecule has 0 aromatic carbocycles. The van der Waals surface area contributed by atoms with E-state index in [1.54, 1.807) is 0 Å². The lowest BCUT2D eigenvalue weighted by molar-refractivity contribution is 0.534. The Morgan fingerprint density at radius 2 is 2.11 bits per heavy atom. The van der Waals surface area contributed by atoms with Gasteiger partial charge in [0.05, 0.1) is 5.03 Å². The largest absolute Gasteiger partial charge is 0.204 e. The van der Waals surface area contributed by atoms with Crippen LogP contribution in [0.3, 0.4) is 0 Å². The first-order chi connectivity index (χ1) is 4.22. The maximum absolute atomic E-state index is 12.2. The third kappa shape index (κ3) is 1.30. The zero-order valence-electron chi connectivity index (χ0n) is 4.50. The van der Waals surface area contributed by atoms with Crippen molar-refractivity contribution in [2.45, 2.75) is 6.42 Å². The fourth-order valence-electron chi connectivity index (χ4n) is 0.559. The minimum atomic E-state index is -0.956. The summed E-state index contributed by atoms with van der Waals surface area (Å²) >= 11 is 5.23. The van der Waals surface area contributed by atoms with Crippen LogP contribution in [0, 0.1) is 6.42 Å². The summed E-state index contributed by atoms with van der Waals surface area (Å²) in [4.78, 5) is 0. The molecular weight excluding hydrogens is 146 g/mol. The van der Waals surface area contributed by atoms with Crippen molar-refractivity contribution in [1.29, 1.82) is 0 Å². The maximum Gasteiger partial charge on any atom is 0.173 e. The molecule has 1 aliphatic carbocycles. The van der Waals surface area contributed by atoms with Gasteiger partial charge in [0, 0.05) is 6.42 Å². The molecule has 9 heavy (non-hydrogen) atoms. The van der Waals surface area contributed by atoms with E-state index < -0.39 is 11.7 Å². The smallest absolute Gasteiger partial charge is 0.173 e. The molecule has 0 heterocycles. The van der Waals surface area contributed by atoms with Crippen LogP contribution in [0.1, 0.15) is 6.42 Å². The average molecular weight is 150 g/mol. The molecule has 0 unspecified atom stereocenters. The molecule has 0 atom stereocenters. The summed E-state index contributed by atoms with van der Waals surface area (Å²) in [6.07, 6.45) is 2.93. The van der Waals surface area contributed by atoms with Crippen molar-refractivity contribution in [2.75, 3.05) is 0 Å². The summed E-state index contributed by atoms with van der Waals surface area (Å²) in [7, 11) is 0. The van der Waals surface area contributed by atoms with Gasteiger partial charge in [0.25, 0.3) is 0 Å². The van der Waals surface area contributed by atoms with Crippen molar-refractivity contribution >= 4 is 11.6 Å². The lowest BCUT2D eigenvalue weighted by atomic mass is 10.2. The second-order valence-corrected chi connectivity index (χ2v) is 2.06. The highest BCUT2D eigenvalue weighted by Gasteiger charge is 2.13. The van der Waals surface area contributed by atoms with E-state index in [0.717, 1.165) is 6.08 Å². The van der Waals surface area contributed by atoms with E-state index in [4.69, 9.17) is 11.6 Å². The van der Waals surface area contributed by atoms with Crippen molar-refractivity contribution in [2.24, 2.45) is 0 Å². The van der Waals surface area contributed by atoms with Crippen molar-refractivity contribution < 1.29 is 8.78 Å². The third-order valence-electron chi connectivity index (χ3n) is 1.01. The molecule has 1 rings (SSSR count). The Kier molecular flexibility index (Phi) is 1.86. The first-order valence-corrected chi connectivity index (χ1v) is 2.84. The van der Waals surface area contributed by atoms with Crippen LogP contribution < -0.4 is 0 Å². The van der Waals surface area contributed by atoms with Gasteiger partial charge in [-0.05, 0) is 12.5 Å². The summed E-state index contributed by atoms with van der Waals surface area (Å²) in [6.45, 7) is 0. The van der Waals surface area contributed by atoms with Gasteiger partial charge in [-0.3, -0.25) is 0 Å². The van der Waals surface area contributed by atoms with Crippen LogP contribution in [0.2, 0.25) is 0 Å². The van der Waals surface area contributed by atoms with Crippen LogP contribution >= 0.6 is 11.6 Å². The summed E-state index contributed by atoms with van der Waals surface area (Å²) < 4.78 is 24.4. The molecule has 1 aliphatic rings. The van der Waals surface area contributed by atoms with Gasteiger partial charge in [-0.15, -0.1) is 0 Å². The molecular formula is C6H4ClF2. The molecule has 49 valence electrons. The second-order valence-electron chi connectivity index (χ2n) is 1.65. The zero-order chi connectivity index (χ0) is 6.85. The molecule has 0 spiro atoms. The zero-order valence-corrected chi connectivity index (χ0v) is 5.25. The monoisotopic (exact) mass is 149 g/mol. The Balaban J connectivity index is 2.88. The van der Waals surface area contributed by atoms with Gasteiger partial charge in [0.1, 0.15) is 0 Å². The Labute approximate surface area is 56.8 Å². The van der Waals surface area contributed by atoms with Crippen LogP contribution in [0.25, 0.3) is 0 Å². The van der Waals surface area contributed by atoms with E-state index in [-0.39, 0.29) is 5.03 Å². The highest BCUT2D eigenvalue weighted by Crippen LogP contribution is 2.28. The average Bonchev–Trinajstić information content (AvgIpc) is 1.83. The Hall–Kier alpha value is -0.370. The fourth-order valence-corrected chi connectivity index (χ4v) is 0.739. The molecule has 0 fully saturated rings. The third-order valence-corrected chi connectivity index (χ3v) is 1.33. The number of hydrogen-bond acceptors (Lipinski definition) is 0. The van der Waals surface area contributed by atoms with Crippen LogP contribution in [-0.4, -0.2) is 0 Å². The van der Waals surface area contributed by atoms with Gasteiger partial charge < -0.3 is 0 Å². The molecule has 0 amide bonds. The van der Waals surface area contributed by atoms with Gasteiger partial charge in [-0.25, -0.2) is 8.78 Å². The van der Waals surface area contributed by atoms with Crippen LogP contribution in [0.4, 0.5) is 8.78 Å². The lowest BCUT2D eigenvalue weighted by Gasteiger charge is -2.03. The molecule has 1 radical (unpaired) electrons. The van der Waals surface area contributed by atoms with E-state index in [2.05, 4.69) is 0 Å². The topological polar surface area (TPSA) is 0 Å². The van der Waals surface area contributed by atoms with Crippen molar-refractivity contribution in [3.8, 4) is 0 Å².